The second-order valence-corrected chi connectivity index (χ2v) is 5.07. The summed E-state index contributed by atoms with van der Waals surface area (Å²) in [4.78, 5) is 0. The van der Waals surface area contributed by atoms with Crippen molar-refractivity contribution in [3.63, 3.8) is 0 Å². The molecule has 2 N–H and O–H groups in total. The Morgan fingerprint density at radius 2 is 1.90 bits per heavy atom. The molecule has 0 aromatic heterocycles. The number of benzene rings is 2. The molecule has 106 valence electrons. The zero-order valence-electron chi connectivity index (χ0n) is 11.3. The first-order valence-corrected chi connectivity index (χ1v) is 6.81. The molecule has 0 saturated carbocycles. The summed E-state index contributed by atoms with van der Waals surface area (Å²) in [6.07, 6.45) is 1.58. The van der Waals surface area contributed by atoms with Gasteiger partial charge in [0.2, 0.25) is 0 Å². The van der Waals surface area contributed by atoms with Crippen molar-refractivity contribution < 1.29 is 9.13 Å². The number of hydrogen-bond acceptors (Lipinski definition) is 2. The van der Waals surface area contributed by atoms with Crippen LogP contribution in [0.1, 0.15) is 23.6 Å². The van der Waals surface area contributed by atoms with E-state index in [-0.39, 0.29) is 11.9 Å². The lowest BCUT2D eigenvalue weighted by Crippen LogP contribution is -2.12. The maximum absolute atomic E-state index is 13.0. The zero-order chi connectivity index (χ0) is 14.5. The summed E-state index contributed by atoms with van der Waals surface area (Å²) in [6.45, 7) is 0. The van der Waals surface area contributed by atoms with Crippen molar-refractivity contribution in [1.82, 2.24) is 0 Å². The molecule has 0 aliphatic carbocycles. The molecule has 0 fully saturated rings. The zero-order valence-corrected chi connectivity index (χ0v) is 12.0. The van der Waals surface area contributed by atoms with Crippen molar-refractivity contribution in [3.8, 4) is 5.75 Å². The molecule has 0 saturated heterocycles. The van der Waals surface area contributed by atoms with Crippen molar-refractivity contribution in [2.75, 3.05) is 7.11 Å². The summed E-state index contributed by atoms with van der Waals surface area (Å²) in [5.41, 5.74) is 8.08. The molecule has 0 heterocycles. The third-order valence-corrected chi connectivity index (χ3v) is 3.59. The van der Waals surface area contributed by atoms with Crippen LogP contribution in [0, 0.1) is 5.82 Å². The Morgan fingerprint density at radius 1 is 1.20 bits per heavy atom. The van der Waals surface area contributed by atoms with Crippen LogP contribution in [-0.4, -0.2) is 7.11 Å². The van der Waals surface area contributed by atoms with Crippen LogP contribution in [0.3, 0.4) is 0 Å². The van der Waals surface area contributed by atoms with Gasteiger partial charge in [0, 0.05) is 11.1 Å². The van der Waals surface area contributed by atoms with Crippen molar-refractivity contribution in [2.24, 2.45) is 5.73 Å². The van der Waals surface area contributed by atoms with Crippen molar-refractivity contribution in [3.05, 3.63) is 64.4 Å². The van der Waals surface area contributed by atoms with E-state index in [0.717, 1.165) is 24.2 Å². The predicted octanol–water partition coefficient (Wildman–Crippen LogP) is 4.12. The molecule has 20 heavy (non-hydrogen) atoms. The molecule has 0 amide bonds. The fourth-order valence-electron chi connectivity index (χ4n) is 2.07. The minimum Gasteiger partial charge on any atom is -0.497 e. The van der Waals surface area contributed by atoms with Crippen molar-refractivity contribution in [2.45, 2.75) is 18.9 Å². The summed E-state index contributed by atoms with van der Waals surface area (Å²) in [5, 5.41) is 0.382. The Kier molecular flexibility index (Phi) is 4.99. The van der Waals surface area contributed by atoms with Crippen LogP contribution in [0.5, 0.6) is 5.75 Å². The maximum atomic E-state index is 13.0. The first kappa shape index (κ1) is 14.8. The number of ether oxygens (including phenoxy) is 1. The van der Waals surface area contributed by atoms with E-state index in [0.29, 0.717) is 5.02 Å². The molecule has 0 spiro atoms. The lowest BCUT2D eigenvalue weighted by atomic mass is 9.99. The van der Waals surface area contributed by atoms with Crippen LogP contribution in [-0.2, 0) is 6.42 Å². The summed E-state index contributed by atoms with van der Waals surface area (Å²) in [6, 6.07) is 12.0. The normalized spacial score (nSPS) is 12.2. The highest BCUT2D eigenvalue weighted by molar-refractivity contribution is 6.31. The summed E-state index contributed by atoms with van der Waals surface area (Å²) < 4.78 is 18.1. The molecule has 2 rings (SSSR count). The van der Waals surface area contributed by atoms with E-state index in [9.17, 15) is 4.39 Å². The van der Waals surface area contributed by atoms with Crippen molar-refractivity contribution in [1.29, 1.82) is 0 Å². The smallest absolute Gasteiger partial charge is 0.124 e. The highest BCUT2D eigenvalue weighted by atomic mass is 35.5. The van der Waals surface area contributed by atoms with Gasteiger partial charge in [-0.15, -0.1) is 0 Å². The summed E-state index contributed by atoms with van der Waals surface area (Å²) >= 11 is 6.01. The number of rotatable bonds is 5. The van der Waals surface area contributed by atoms with Crippen LogP contribution in [0.2, 0.25) is 5.02 Å². The molecule has 0 bridgehead atoms. The van der Waals surface area contributed by atoms with Gasteiger partial charge in [0.15, 0.2) is 0 Å². The number of hydrogen-bond donors (Lipinski definition) is 1. The Bertz CT molecular complexity index is 571. The number of aryl methyl sites for hydroxylation is 1. The average Bonchev–Trinajstić information content (AvgIpc) is 2.45. The van der Waals surface area contributed by atoms with Gasteiger partial charge < -0.3 is 10.5 Å². The van der Waals surface area contributed by atoms with Gasteiger partial charge in [0.05, 0.1) is 7.11 Å². The van der Waals surface area contributed by atoms with E-state index < -0.39 is 0 Å². The molecule has 0 radical (unpaired) electrons. The Hall–Kier alpha value is -1.58. The number of nitrogens with two attached hydrogens (primary N) is 1. The van der Waals surface area contributed by atoms with Crippen LogP contribution >= 0.6 is 11.6 Å². The highest BCUT2D eigenvalue weighted by Gasteiger charge is 2.11. The van der Waals surface area contributed by atoms with Crippen LogP contribution in [0.25, 0.3) is 0 Å². The molecule has 0 aliphatic heterocycles. The van der Waals surface area contributed by atoms with Gasteiger partial charge in [0.25, 0.3) is 0 Å². The highest BCUT2D eigenvalue weighted by Crippen LogP contribution is 2.25. The first-order chi connectivity index (χ1) is 9.60. The van der Waals surface area contributed by atoms with E-state index in [2.05, 4.69) is 0 Å². The van der Waals surface area contributed by atoms with Crippen molar-refractivity contribution >= 4 is 11.6 Å². The molecular weight excluding hydrogens is 277 g/mol. The minimum atomic E-state index is -0.346. The van der Waals surface area contributed by atoms with E-state index in [1.54, 1.807) is 13.2 Å². The first-order valence-electron chi connectivity index (χ1n) is 6.43. The van der Waals surface area contributed by atoms with Gasteiger partial charge in [0.1, 0.15) is 11.6 Å². The van der Waals surface area contributed by atoms with E-state index in [1.807, 2.05) is 24.3 Å². The molecule has 0 aliphatic rings. The van der Waals surface area contributed by atoms with Gasteiger partial charge in [-0.3, -0.25) is 0 Å². The third-order valence-electron chi connectivity index (χ3n) is 3.27. The molecular formula is C16H17ClFNO. The quantitative estimate of drug-likeness (QED) is 0.900. The second kappa shape index (κ2) is 6.73. The lowest BCUT2D eigenvalue weighted by Gasteiger charge is -2.14. The van der Waals surface area contributed by atoms with Crippen LogP contribution in [0.15, 0.2) is 42.5 Å². The molecule has 2 aromatic carbocycles. The van der Waals surface area contributed by atoms with Gasteiger partial charge >= 0.3 is 0 Å². The molecule has 2 aromatic rings. The topological polar surface area (TPSA) is 35.2 Å². The summed E-state index contributed by atoms with van der Waals surface area (Å²) in [7, 11) is 1.64. The standard InChI is InChI=1S/C16H17ClFNO/c1-20-13-6-2-11(3-7-13)4-9-16(19)14-8-5-12(18)10-15(14)17/h2-3,5-8,10,16H,4,9,19H2,1H3. The number of halogens is 2. The molecule has 1 unspecified atom stereocenters. The van der Waals surface area contributed by atoms with Crippen LogP contribution in [0.4, 0.5) is 4.39 Å². The van der Waals surface area contributed by atoms with E-state index >= 15 is 0 Å². The van der Waals surface area contributed by atoms with Gasteiger partial charge in [-0.1, -0.05) is 29.8 Å². The minimum absolute atomic E-state index is 0.204. The molecule has 1 atom stereocenters. The predicted molar refractivity (Wildman–Crippen MR) is 79.7 cm³/mol. The Morgan fingerprint density at radius 3 is 2.50 bits per heavy atom. The van der Waals surface area contributed by atoms with Gasteiger partial charge in [-0.25, -0.2) is 4.39 Å². The third kappa shape index (κ3) is 3.71. The monoisotopic (exact) mass is 293 g/mol. The Labute approximate surface area is 123 Å². The average molecular weight is 294 g/mol. The largest absolute Gasteiger partial charge is 0.497 e. The second-order valence-electron chi connectivity index (χ2n) is 4.66. The fraction of sp³-hybridized carbons (Fsp3) is 0.250. The Balaban J connectivity index is 1.98. The van der Waals surface area contributed by atoms with E-state index in [1.165, 1.54) is 17.7 Å². The fourth-order valence-corrected chi connectivity index (χ4v) is 2.38. The maximum Gasteiger partial charge on any atom is 0.124 e. The van der Waals surface area contributed by atoms with Gasteiger partial charge in [-0.2, -0.15) is 0 Å². The SMILES string of the molecule is COc1ccc(CCC(N)c2ccc(F)cc2Cl)cc1. The van der Waals surface area contributed by atoms with Crippen LogP contribution < -0.4 is 10.5 Å². The van der Waals surface area contributed by atoms with Gasteiger partial charge in [-0.05, 0) is 48.2 Å². The lowest BCUT2D eigenvalue weighted by molar-refractivity contribution is 0.414. The molecule has 2 nitrogen and oxygen atoms in total. The van der Waals surface area contributed by atoms with E-state index in [4.69, 9.17) is 22.1 Å². The molecule has 4 heteroatoms. The number of methoxy groups -OCH3 is 1. The summed E-state index contributed by atoms with van der Waals surface area (Å²) in [5.74, 6) is 0.487.